The number of benzene rings is 2. The van der Waals surface area contributed by atoms with Crippen molar-refractivity contribution in [3.8, 4) is 5.75 Å². The Morgan fingerprint density at radius 3 is 2.77 bits per heavy atom. The largest absolute Gasteiger partial charge is 0.495 e. The van der Waals surface area contributed by atoms with Crippen LogP contribution in [0.5, 0.6) is 5.75 Å². The van der Waals surface area contributed by atoms with Crippen LogP contribution in [0, 0.1) is 10.1 Å². The summed E-state index contributed by atoms with van der Waals surface area (Å²) in [4.78, 5) is 28.0. The van der Waals surface area contributed by atoms with Crippen LogP contribution in [0.15, 0.2) is 41.6 Å². The summed E-state index contributed by atoms with van der Waals surface area (Å²) >= 11 is 7.36. The van der Waals surface area contributed by atoms with Gasteiger partial charge in [0.15, 0.2) is 5.16 Å². The van der Waals surface area contributed by atoms with E-state index >= 15 is 0 Å². The number of hydrogen-bond donors (Lipinski definition) is 1. The maximum Gasteiger partial charge on any atom is 0.271 e. The lowest BCUT2D eigenvalue weighted by molar-refractivity contribution is -0.384. The number of fused-ring (bicyclic) bond motifs is 1. The van der Waals surface area contributed by atoms with Crippen molar-refractivity contribution in [3.05, 3.63) is 51.5 Å². The number of anilines is 1. The molecule has 1 N–H and O–H groups in total. The van der Waals surface area contributed by atoms with E-state index in [4.69, 9.17) is 21.1 Å². The number of thioether (sulfide) groups is 1. The first kappa shape index (κ1) is 22.9. The number of imidazole rings is 1. The third-order valence-corrected chi connectivity index (χ3v) is 5.82. The van der Waals surface area contributed by atoms with Crippen molar-refractivity contribution < 1.29 is 19.2 Å². The third kappa shape index (κ3) is 5.27. The van der Waals surface area contributed by atoms with Gasteiger partial charge in [0.2, 0.25) is 5.91 Å². The molecule has 3 aromatic rings. The minimum absolute atomic E-state index is 0.144. The second-order valence-corrected chi connectivity index (χ2v) is 8.31. The average molecular weight is 465 g/mol. The fourth-order valence-corrected chi connectivity index (χ4v) is 4.04. The second kappa shape index (κ2) is 9.99. The van der Waals surface area contributed by atoms with Crippen LogP contribution in [0.25, 0.3) is 11.0 Å². The number of ether oxygens (including phenoxy) is 2. The van der Waals surface area contributed by atoms with Crippen LogP contribution in [-0.2, 0) is 16.1 Å². The van der Waals surface area contributed by atoms with Gasteiger partial charge >= 0.3 is 0 Å². The first-order valence-electron chi connectivity index (χ1n) is 9.28. The van der Waals surface area contributed by atoms with Gasteiger partial charge in [-0.3, -0.25) is 14.9 Å². The van der Waals surface area contributed by atoms with Crippen molar-refractivity contribution in [2.75, 3.05) is 26.1 Å². The number of nitro benzene ring substituents is 1. The minimum Gasteiger partial charge on any atom is -0.495 e. The van der Waals surface area contributed by atoms with Crippen LogP contribution in [0.1, 0.15) is 6.92 Å². The van der Waals surface area contributed by atoms with E-state index in [1.165, 1.54) is 37.1 Å². The van der Waals surface area contributed by atoms with Crippen LogP contribution in [-0.4, -0.2) is 46.5 Å². The van der Waals surface area contributed by atoms with Crippen LogP contribution in [0.4, 0.5) is 11.4 Å². The quantitative estimate of drug-likeness (QED) is 0.284. The molecule has 1 amide bonds. The Hall–Kier alpha value is -2.82. The van der Waals surface area contributed by atoms with Gasteiger partial charge in [-0.1, -0.05) is 23.4 Å². The molecular formula is C20H21ClN4O5S. The highest BCUT2D eigenvalue weighted by atomic mass is 35.5. The Labute approximate surface area is 187 Å². The zero-order chi connectivity index (χ0) is 22.5. The van der Waals surface area contributed by atoms with E-state index in [2.05, 4.69) is 10.3 Å². The summed E-state index contributed by atoms with van der Waals surface area (Å²) in [6, 6.07) is 9.46. The van der Waals surface area contributed by atoms with Gasteiger partial charge in [0.25, 0.3) is 5.69 Å². The minimum atomic E-state index is -0.544. The molecule has 0 bridgehead atoms. The number of nitrogens with zero attached hydrogens (tertiary/aromatic N) is 3. The van der Waals surface area contributed by atoms with E-state index in [9.17, 15) is 14.9 Å². The molecule has 11 heteroatoms. The number of carbonyl (C=O) groups is 1. The molecule has 0 aliphatic rings. The van der Waals surface area contributed by atoms with Gasteiger partial charge in [0.1, 0.15) is 5.75 Å². The Morgan fingerprint density at radius 1 is 1.32 bits per heavy atom. The number of nitro groups is 1. The van der Waals surface area contributed by atoms with Crippen molar-refractivity contribution >= 4 is 51.7 Å². The molecule has 3 rings (SSSR count). The zero-order valence-electron chi connectivity index (χ0n) is 17.1. The van der Waals surface area contributed by atoms with Crippen LogP contribution < -0.4 is 10.1 Å². The Bertz CT molecular complexity index is 1120. The number of carbonyl (C=O) groups excluding carboxylic acids is 1. The van der Waals surface area contributed by atoms with E-state index in [0.29, 0.717) is 29.1 Å². The summed E-state index contributed by atoms with van der Waals surface area (Å²) in [6.07, 6.45) is 0. The maximum atomic E-state index is 12.8. The first-order chi connectivity index (χ1) is 14.8. The van der Waals surface area contributed by atoms with Crippen LogP contribution in [0.2, 0.25) is 5.02 Å². The van der Waals surface area contributed by atoms with Gasteiger partial charge in [-0.25, -0.2) is 4.98 Å². The smallest absolute Gasteiger partial charge is 0.271 e. The molecule has 0 aliphatic heterocycles. The standard InChI is InChI=1S/C20H21ClN4O5S/c1-12(19(26)22-16-11-14(25(27)28)5-7-18(16)30-3)31-20-23-15-10-13(21)4-6-17(15)24(20)8-9-29-2/h4-7,10-12H,8-9H2,1-3H3,(H,22,26). The number of methoxy groups -OCH3 is 2. The molecule has 0 spiro atoms. The number of non-ortho nitro benzene ring substituents is 1. The summed E-state index contributed by atoms with van der Waals surface area (Å²) < 4.78 is 12.4. The molecule has 0 fully saturated rings. The van der Waals surface area contributed by atoms with Gasteiger partial charge in [0.05, 0.1) is 40.6 Å². The lowest BCUT2D eigenvalue weighted by Gasteiger charge is -2.15. The normalized spacial score (nSPS) is 12.0. The monoisotopic (exact) mass is 464 g/mol. The molecule has 0 aliphatic carbocycles. The number of halogens is 1. The SMILES string of the molecule is COCCn1c(SC(C)C(=O)Nc2cc([N+](=O)[O-])ccc2OC)nc2cc(Cl)ccc21. The summed E-state index contributed by atoms with van der Waals surface area (Å²) in [6.45, 7) is 2.77. The van der Waals surface area contributed by atoms with E-state index in [1.54, 1.807) is 26.2 Å². The highest BCUT2D eigenvalue weighted by molar-refractivity contribution is 8.00. The van der Waals surface area contributed by atoms with Crippen LogP contribution in [0.3, 0.4) is 0 Å². The summed E-state index contributed by atoms with van der Waals surface area (Å²) in [5.74, 6) is -0.00898. The van der Waals surface area contributed by atoms with Gasteiger partial charge in [-0.2, -0.15) is 0 Å². The molecule has 164 valence electrons. The molecule has 1 atom stereocenters. The Balaban J connectivity index is 1.83. The summed E-state index contributed by atoms with van der Waals surface area (Å²) in [7, 11) is 3.05. The van der Waals surface area contributed by atoms with E-state index < -0.39 is 10.2 Å². The number of rotatable bonds is 9. The predicted octanol–water partition coefficient (Wildman–Crippen LogP) is 4.37. The van der Waals surface area contributed by atoms with Gasteiger partial charge in [-0.05, 0) is 31.2 Å². The van der Waals surface area contributed by atoms with Crippen molar-refractivity contribution in [3.63, 3.8) is 0 Å². The molecule has 2 aromatic carbocycles. The molecule has 1 unspecified atom stereocenters. The molecule has 9 nitrogen and oxygen atoms in total. The fraction of sp³-hybridized carbons (Fsp3) is 0.300. The molecule has 1 heterocycles. The molecular weight excluding hydrogens is 444 g/mol. The Kier molecular flexibility index (Phi) is 7.37. The van der Waals surface area contributed by atoms with Crippen LogP contribution >= 0.6 is 23.4 Å². The summed E-state index contributed by atoms with van der Waals surface area (Å²) in [5, 5.41) is 14.4. The molecule has 0 saturated heterocycles. The second-order valence-electron chi connectivity index (χ2n) is 6.56. The third-order valence-electron chi connectivity index (χ3n) is 4.50. The van der Waals surface area contributed by atoms with Crippen molar-refractivity contribution in [1.29, 1.82) is 0 Å². The van der Waals surface area contributed by atoms with Crippen molar-refractivity contribution in [1.82, 2.24) is 9.55 Å². The fourth-order valence-electron chi connectivity index (χ4n) is 2.92. The summed E-state index contributed by atoms with van der Waals surface area (Å²) in [5.41, 5.74) is 1.69. The van der Waals surface area contributed by atoms with E-state index in [-0.39, 0.29) is 17.3 Å². The first-order valence-corrected chi connectivity index (χ1v) is 10.5. The maximum absolute atomic E-state index is 12.8. The van der Waals surface area contributed by atoms with E-state index in [0.717, 1.165) is 11.0 Å². The lowest BCUT2D eigenvalue weighted by atomic mass is 10.2. The molecule has 1 aromatic heterocycles. The molecule has 0 saturated carbocycles. The zero-order valence-corrected chi connectivity index (χ0v) is 18.7. The topological polar surface area (TPSA) is 109 Å². The molecule has 0 radical (unpaired) electrons. The van der Waals surface area contributed by atoms with Gasteiger partial charge in [-0.15, -0.1) is 0 Å². The number of hydrogen-bond acceptors (Lipinski definition) is 7. The average Bonchev–Trinajstić information content (AvgIpc) is 3.07. The van der Waals surface area contributed by atoms with Gasteiger partial charge in [0, 0.05) is 30.8 Å². The van der Waals surface area contributed by atoms with Crippen molar-refractivity contribution in [2.24, 2.45) is 0 Å². The highest BCUT2D eigenvalue weighted by Crippen LogP contribution is 2.32. The molecule has 31 heavy (non-hydrogen) atoms. The number of aromatic nitrogens is 2. The van der Waals surface area contributed by atoms with E-state index in [1.807, 2.05) is 10.6 Å². The highest BCUT2D eigenvalue weighted by Gasteiger charge is 2.22. The Morgan fingerprint density at radius 2 is 2.10 bits per heavy atom. The lowest BCUT2D eigenvalue weighted by Crippen LogP contribution is -2.23. The van der Waals surface area contributed by atoms with Gasteiger partial charge < -0.3 is 19.4 Å². The predicted molar refractivity (Wildman–Crippen MR) is 120 cm³/mol. The number of nitrogens with one attached hydrogen (secondary N) is 1. The van der Waals surface area contributed by atoms with Crippen molar-refractivity contribution in [2.45, 2.75) is 23.9 Å². The number of amides is 1.